The molecule has 1 aromatic rings. The fourth-order valence-corrected chi connectivity index (χ4v) is 2.96. The van der Waals surface area contributed by atoms with Crippen molar-refractivity contribution in [3.8, 4) is 0 Å². The van der Waals surface area contributed by atoms with Gasteiger partial charge in [0.1, 0.15) is 5.82 Å². The summed E-state index contributed by atoms with van der Waals surface area (Å²) in [6, 6.07) is 4.58. The molecule has 0 saturated carbocycles. The summed E-state index contributed by atoms with van der Waals surface area (Å²) in [6.07, 6.45) is 2.01. The number of benzene rings is 1. The van der Waals surface area contributed by atoms with E-state index in [4.69, 9.17) is 26.8 Å². The molecule has 2 N–H and O–H groups in total. The number of hydrogen-bond donors (Lipinski definition) is 1. The normalized spacial score (nSPS) is 19.8. The third kappa shape index (κ3) is 3.31. The van der Waals surface area contributed by atoms with Gasteiger partial charge in [-0.3, -0.25) is 0 Å². The average Bonchev–Trinajstić information content (AvgIpc) is 2.45. The Labute approximate surface area is 124 Å². The first-order chi connectivity index (χ1) is 9.59. The lowest BCUT2D eigenvalue weighted by Crippen LogP contribution is -2.54. The highest BCUT2D eigenvalue weighted by atomic mass is 35.5. The summed E-state index contributed by atoms with van der Waals surface area (Å²) in [5, 5.41) is 0.154. The standard InChI is InChI=1S/C15H21ClFNO2/c1-2-20-15(6-8-19-9-7-15)13(18)10-11-4-3-5-12(17)14(11)16/h3-5,13H,2,6-10,18H2,1H3. The monoisotopic (exact) mass is 301 g/mol. The van der Waals surface area contributed by atoms with Gasteiger partial charge in [-0.15, -0.1) is 0 Å². The van der Waals surface area contributed by atoms with Gasteiger partial charge in [0.25, 0.3) is 0 Å². The van der Waals surface area contributed by atoms with Crippen LogP contribution in [0.25, 0.3) is 0 Å². The Kier molecular flexibility index (Phi) is 5.38. The van der Waals surface area contributed by atoms with E-state index in [-0.39, 0.29) is 11.1 Å². The van der Waals surface area contributed by atoms with E-state index in [0.29, 0.717) is 26.2 Å². The van der Waals surface area contributed by atoms with Crippen LogP contribution in [0.2, 0.25) is 5.02 Å². The van der Waals surface area contributed by atoms with Crippen molar-refractivity contribution in [3.05, 3.63) is 34.6 Å². The van der Waals surface area contributed by atoms with Crippen LogP contribution in [0.4, 0.5) is 4.39 Å². The molecule has 112 valence electrons. The van der Waals surface area contributed by atoms with Crippen LogP contribution in [0.5, 0.6) is 0 Å². The van der Waals surface area contributed by atoms with Gasteiger partial charge in [-0.25, -0.2) is 4.39 Å². The number of nitrogens with two attached hydrogens (primary N) is 1. The highest BCUT2D eigenvalue weighted by molar-refractivity contribution is 6.31. The second-order valence-corrected chi connectivity index (χ2v) is 5.51. The van der Waals surface area contributed by atoms with E-state index < -0.39 is 11.4 Å². The number of rotatable bonds is 5. The molecule has 1 aromatic carbocycles. The van der Waals surface area contributed by atoms with Crippen molar-refractivity contribution in [3.63, 3.8) is 0 Å². The molecular weight excluding hydrogens is 281 g/mol. The van der Waals surface area contributed by atoms with Crippen LogP contribution < -0.4 is 5.73 Å². The summed E-state index contributed by atoms with van der Waals surface area (Å²) in [7, 11) is 0. The van der Waals surface area contributed by atoms with Gasteiger partial charge in [0.05, 0.1) is 10.6 Å². The maximum Gasteiger partial charge on any atom is 0.142 e. The lowest BCUT2D eigenvalue weighted by Gasteiger charge is -2.41. The van der Waals surface area contributed by atoms with Crippen LogP contribution in [0.15, 0.2) is 18.2 Å². The largest absolute Gasteiger partial charge is 0.381 e. The first-order valence-electron chi connectivity index (χ1n) is 6.99. The number of ether oxygens (including phenoxy) is 2. The van der Waals surface area contributed by atoms with Crippen LogP contribution in [0, 0.1) is 5.82 Å². The minimum atomic E-state index is -0.409. The van der Waals surface area contributed by atoms with Gasteiger partial charge < -0.3 is 15.2 Å². The Bertz CT molecular complexity index is 444. The molecule has 20 heavy (non-hydrogen) atoms. The summed E-state index contributed by atoms with van der Waals surface area (Å²) in [5.74, 6) is -0.409. The molecule has 1 atom stereocenters. The molecule has 1 fully saturated rings. The Balaban J connectivity index is 2.15. The summed E-state index contributed by atoms with van der Waals surface area (Å²) in [4.78, 5) is 0. The lowest BCUT2D eigenvalue weighted by molar-refractivity contribution is -0.120. The summed E-state index contributed by atoms with van der Waals surface area (Å²) in [5.41, 5.74) is 6.69. The van der Waals surface area contributed by atoms with Gasteiger partial charge in [0.2, 0.25) is 0 Å². The molecule has 2 rings (SSSR count). The first-order valence-corrected chi connectivity index (χ1v) is 7.37. The van der Waals surface area contributed by atoms with Crippen LogP contribution in [0.3, 0.4) is 0 Å². The molecule has 0 spiro atoms. The van der Waals surface area contributed by atoms with Crippen molar-refractivity contribution in [1.29, 1.82) is 0 Å². The summed E-state index contributed by atoms with van der Waals surface area (Å²) >= 11 is 6.00. The lowest BCUT2D eigenvalue weighted by atomic mass is 9.83. The summed E-state index contributed by atoms with van der Waals surface area (Å²) < 4.78 is 24.8. The van der Waals surface area contributed by atoms with E-state index in [9.17, 15) is 4.39 Å². The highest BCUT2D eigenvalue weighted by Crippen LogP contribution is 2.31. The van der Waals surface area contributed by atoms with Crippen molar-refractivity contribution in [1.82, 2.24) is 0 Å². The Morgan fingerprint density at radius 1 is 1.45 bits per heavy atom. The van der Waals surface area contributed by atoms with Crippen LogP contribution >= 0.6 is 11.6 Å². The Morgan fingerprint density at radius 2 is 2.15 bits per heavy atom. The highest BCUT2D eigenvalue weighted by Gasteiger charge is 2.39. The molecule has 0 aromatic heterocycles. The van der Waals surface area contributed by atoms with Gasteiger partial charge in [-0.05, 0) is 25.0 Å². The van der Waals surface area contributed by atoms with Crippen LogP contribution in [-0.4, -0.2) is 31.5 Å². The first kappa shape index (κ1) is 15.7. The predicted octanol–water partition coefficient (Wildman–Crippen LogP) is 2.93. The zero-order valence-corrected chi connectivity index (χ0v) is 12.5. The molecule has 0 bridgehead atoms. The zero-order valence-electron chi connectivity index (χ0n) is 11.7. The molecule has 5 heteroatoms. The van der Waals surface area contributed by atoms with Gasteiger partial charge in [0.15, 0.2) is 0 Å². The van der Waals surface area contributed by atoms with E-state index in [1.54, 1.807) is 6.07 Å². The van der Waals surface area contributed by atoms with Gasteiger partial charge >= 0.3 is 0 Å². The molecule has 1 unspecified atom stereocenters. The molecule has 0 radical (unpaired) electrons. The summed E-state index contributed by atoms with van der Waals surface area (Å²) in [6.45, 7) is 3.85. The van der Waals surface area contributed by atoms with Gasteiger partial charge in [-0.1, -0.05) is 23.7 Å². The number of hydrogen-bond acceptors (Lipinski definition) is 3. The van der Waals surface area contributed by atoms with Crippen molar-refractivity contribution in [2.24, 2.45) is 5.73 Å². The van der Waals surface area contributed by atoms with Crippen molar-refractivity contribution >= 4 is 11.6 Å². The third-order valence-corrected chi connectivity index (χ3v) is 4.34. The molecule has 1 aliphatic heterocycles. The van der Waals surface area contributed by atoms with Crippen molar-refractivity contribution in [2.45, 2.75) is 37.8 Å². The minimum absolute atomic E-state index is 0.154. The van der Waals surface area contributed by atoms with Crippen molar-refractivity contribution in [2.75, 3.05) is 19.8 Å². The van der Waals surface area contributed by atoms with E-state index >= 15 is 0 Å². The topological polar surface area (TPSA) is 44.5 Å². The van der Waals surface area contributed by atoms with Gasteiger partial charge in [-0.2, -0.15) is 0 Å². The third-order valence-electron chi connectivity index (χ3n) is 3.92. The van der Waals surface area contributed by atoms with Gasteiger partial charge in [0, 0.05) is 38.7 Å². The average molecular weight is 302 g/mol. The second-order valence-electron chi connectivity index (χ2n) is 5.13. The quantitative estimate of drug-likeness (QED) is 0.909. The maximum absolute atomic E-state index is 13.5. The van der Waals surface area contributed by atoms with Crippen molar-refractivity contribution < 1.29 is 13.9 Å². The Hall–Kier alpha value is -0.680. The smallest absolute Gasteiger partial charge is 0.142 e. The van der Waals surface area contributed by atoms with E-state index in [1.165, 1.54) is 6.07 Å². The molecule has 3 nitrogen and oxygen atoms in total. The number of halogens is 2. The second kappa shape index (κ2) is 6.85. The zero-order chi connectivity index (χ0) is 14.6. The van der Waals surface area contributed by atoms with E-state index in [0.717, 1.165) is 18.4 Å². The molecule has 1 aliphatic rings. The SMILES string of the molecule is CCOC1(C(N)Cc2cccc(F)c2Cl)CCOCC1. The van der Waals surface area contributed by atoms with Crippen LogP contribution in [-0.2, 0) is 15.9 Å². The molecule has 1 saturated heterocycles. The van der Waals surface area contributed by atoms with E-state index in [1.807, 2.05) is 13.0 Å². The molecule has 1 heterocycles. The Morgan fingerprint density at radius 3 is 2.80 bits per heavy atom. The fraction of sp³-hybridized carbons (Fsp3) is 0.600. The minimum Gasteiger partial charge on any atom is -0.381 e. The molecule has 0 aliphatic carbocycles. The predicted molar refractivity (Wildman–Crippen MR) is 77.5 cm³/mol. The maximum atomic E-state index is 13.5. The molecular formula is C15H21ClFNO2. The fourth-order valence-electron chi connectivity index (χ4n) is 2.76. The van der Waals surface area contributed by atoms with E-state index in [2.05, 4.69) is 0 Å². The van der Waals surface area contributed by atoms with Crippen LogP contribution in [0.1, 0.15) is 25.3 Å². The molecule has 0 amide bonds.